The Morgan fingerprint density at radius 1 is 1.11 bits per heavy atom. The van der Waals surface area contributed by atoms with Crippen LogP contribution in [0.2, 0.25) is 0 Å². The van der Waals surface area contributed by atoms with Crippen molar-refractivity contribution >= 4 is 12.1 Å². The third-order valence-electron chi connectivity index (χ3n) is 3.77. The highest BCUT2D eigenvalue weighted by Crippen LogP contribution is 2.32. The van der Waals surface area contributed by atoms with Crippen LogP contribution in [0.1, 0.15) is 37.0 Å². The summed E-state index contributed by atoms with van der Waals surface area (Å²) in [4.78, 5) is 24.5. The molecule has 0 aliphatic heterocycles. The number of hydrogen-bond donors (Lipinski definition) is 0. The van der Waals surface area contributed by atoms with Crippen molar-refractivity contribution in [3.63, 3.8) is 0 Å². The van der Waals surface area contributed by atoms with Gasteiger partial charge in [0, 0.05) is 18.9 Å². The van der Waals surface area contributed by atoms with Crippen LogP contribution in [-0.2, 0) is 14.2 Å². The maximum absolute atomic E-state index is 12.4. The molecule has 0 aliphatic carbocycles. The molecule has 1 aromatic carbocycles. The minimum absolute atomic E-state index is 0.0351. The number of esters is 1. The number of benzene rings is 1. The van der Waals surface area contributed by atoms with Crippen LogP contribution in [-0.4, -0.2) is 43.7 Å². The average Bonchev–Trinajstić information content (AvgIpc) is 3.16. The quantitative estimate of drug-likeness (QED) is 0.373. The highest BCUT2D eigenvalue weighted by atomic mass is 16.7. The zero-order valence-electron chi connectivity index (χ0n) is 15.9. The van der Waals surface area contributed by atoms with Gasteiger partial charge in [-0.25, -0.2) is 9.59 Å². The fourth-order valence-electron chi connectivity index (χ4n) is 2.45. The molecule has 0 aliphatic rings. The summed E-state index contributed by atoms with van der Waals surface area (Å²) >= 11 is 0. The Morgan fingerprint density at radius 3 is 2.63 bits per heavy atom. The number of methoxy groups -OCH3 is 1. The van der Waals surface area contributed by atoms with Crippen LogP contribution in [0.15, 0.2) is 36.5 Å². The lowest BCUT2D eigenvalue weighted by molar-refractivity contribution is 0.0511. The largest absolute Gasteiger partial charge is 0.467 e. The second-order valence-electron chi connectivity index (χ2n) is 5.71. The minimum Gasteiger partial charge on any atom is -0.467 e. The molecule has 1 aromatic heterocycles. The monoisotopic (exact) mass is 375 g/mol. The number of nitrogens with zero attached hydrogens (tertiary/aromatic N) is 1. The molecule has 0 saturated heterocycles. The van der Waals surface area contributed by atoms with Gasteiger partial charge < -0.3 is 18.9 Å². The molecule has 0 unspecified atom stereocenters. The molecule has 0 fully saturated rings. The lowest BCUT2D eigenvalue weighted by atomic mass is 10.1. The lowest BCUT2D eigenvalue weighted by Gasteiger charge is -2.14. The second kappa shape index (κ2) is 10.4. The fourth-order valence-corrected chi connectivity index (χ4v) is 2.45. The number of ether oxygens (including phenoxy) is 4. The van der Waals surface area contributed by atoms with E-state index in [1.165, 1.54) is 11.7 Å². The number of aromatic nitrogens is 1. The normalized spacial score (nSPS) is 10.5. The number of unbranched alkanes of at least 4 members (excludes halogenated alkanes) is 1. The van der Waals surface area contributed by atoms with E-state index in [2.05, 4.69) is 0 Å². The van der Waals surface area contributed by atoms with Crippen molar-refractivity contribution in [2.45, 2.75) is 26.7 Å². The summed E-state index contributed by atoms with van der Waals surface area (Å²) in [7, 11) is 1.51. The third kappa shape index (κ3) is 5.34. The Morgan fingerprint density at radius 2 is 1.93 bits per heavy atom. The van der Waals surface area contributed by atoms with Crippen LogP contribution < -0.4 is 4.74 Å². The van der Waals surface area contributed by atoms with Crippen LogP contribution in [0.4, 0.5) is 4.79 Å². The minimum atomic E-state index is -0.484. The van der Waals surface area contributed by atoms with E-state index in [1.807, 2.05) is 6.92 Å². The van der Waals surface area contributed by atoms with Crippen molar-refractivity contribution < 1.29 is 28.5 Å². The molecule has 2 aromatic rings. The van der Waals surface area contributed by atoms with Crippen molar-refractivity contribution in [2.75, 3.05) is 27.1 Å². The van der Waals surface area contributed by atoms with Crippen LogP contribution in [0.5, 0.6) is 5.75 Å². The molecule has 27 heavy (non-hydrogen) atoms. The van der Waals surface area contributed by atoms with Gasteiger partial charge in [0.05, 0.1) is 24.5 Å². The smallest absolute Gasteiger partial charge is 0.418 e. The Balaban J connectivity index is 2.40. The Bertz CT molecular complexity index is 768. The molecule has 0 radical (unpaired) electrons. The standard InChI is InChI=1S/C20H25NO6/c1-4-6-12-26-20(23)21-11-7-8-17(21)16-13-15(19(22)25-5-2)9-10-18(16)27-14-24-3/h7-11,13H,4-6,12,14H2,1-3H3. The van der Waals surface area contributed by atoms with Crippen LogP contribution >= 0.6 is 0 Å². The second-order valence-corrected chi connectivity index (χ2v) is 5.71. The van der Waals surface area contributed by atoms with Crippen molar-refractivity contribution in [3.8, 4) is 17.0 Å². The van der Waals surface area contributed by atoms with Crippen LogP contribution in [0.3, 0.4) is 0 Å². The summed E-state index contributed by atoms with van der Waals surface area (Å²) in [6.07, 6.45) is 2.86. The van der Waals surface area contributed by atoms with Crippen molar-refractivity contribution in [1.29, 1.82) is 0 Å². The van der Waals surface area contributed by atoms with E-state index >= 15 is 0 Å². The lowest BCUT2D eigenvalue weighted by Crippen LogP contribution is -2.15. The van der Waals surface area contributed by atoms with Crippen LogP contribution in [0, 0.1) is 0 Å². The maximum atomic E-state index is 12.4. The van der Waals surface area contributed by atoms with E-state index < -0.39 is 12.1 Å². The average molecular weight is 375 g/mol. The zero-order chi connectivity index (χ0) is 19.6. The van der Waals surface area contributed by atoms with Crippen molar-refractivity contribution in [1.82, 2.24) is 4.57 Å². The van der Waals surface area contributed by atoms with Crippen molar-refractivity contribution in [3.05, 3.63) is 42.1 Å². The highest BCUT2D eigenvalue weighted by Gasteiger charge is 2.18. The van der Waals surface area contributed by atoms with E-state index in [-0.39, 0.29) is 13.4 Å². The van der Waals surface area contributed by atoms with Gasteiger partial charge in [0.2, 0.25) is 0 Å². The zero-order valence-corrected chi connectivity index (χ0v) is 15.9. The molecular weight excluding hydrogens is 350 g/mol. The molecule has 0 bridgehead atoms. The first-order chi connectivity index (χ1) is 13.1. The molecule has 0 atom stereocenters. The number of hydrogen-bond acceptors (Lipinski definition) is 6. The van der Waals surface area contributed by atoms with E-state index in [9.17, 15) is 9.59 Å². The van der Waals surface area contributed by atoms with E-state index in [0.717, 1.165) is 12.8 Å². The predicted molar refractivity (Wildman–Crippen MR) is 100.0 cm³/mol. The molecule has 0 amide bonds. The van der Waals surface area contributed by atoms with Gasteiger partial charge in [-0.1, -0.05) is 13.3 Å². The van der Waals surface area contributed by atoms with Gasteiger partial charge in [-0.15, -0.1) is 0 Å². The van der Waals surface area contributed by atoms with Gasteiger partial charge in [-0.05, 0) is 43.7 Å². The molecule has 0 N–H and O–H groups in total. The molecule has 0 saturated carbocycles. The summed E-state index contributed by atoms with van der Waals surface area (Å²) in [5.41, 5.74) is 1.48. The molecule has 0 spiro atoms. The first-order valence-corrected chi connectivity index (χ1v) is 8.90. The predicted octanol–water partition coefficient (Wildman–Crippen LogP) is 4.10. The molecule has 7 heteroatoms. The van der Waals surface area contributed by atoms with E-state index in [1.54, 1.807) is 43.5 Å². The fraction of sp³-hybridized carbons (Fsp3) is 0.400. The maximum Gasteiger partial charge on any atom is 0.418 e. The molecular formula is C20H25NO6. The molecule has 7 nitrogen and oxygen atoms in total. The number of carbonyl (C=O) groups is 2. The first kappa shape index (κ1) is 20.5. The van der Waals surface area contributed by atoms with Gasteiger partial charge in [0.15, 0.2) is 6.79 Å². The number of carbonyl (C=O) groups excluding carboxylic acids is 2. The van der Waals surface area contributed by atoms with Crippen LogP contribution in [0.25, 0.3) is 11.3 Å². The van der Waals surface area contributed by atoms with Gasteiger partial charge in [-0.3, -0.25) is 4.57 Å². The van der Waals surface area contributed by atoms with Gasteiger partial charge >= 0.3 is 12.1 Å². The summed E-state index contributed by atoms with van der Waals surface area (Å²) in [5.74, 6) is 0.0341. The highest BCUT2D eigenvalue weighted by molar-refractivity contribution is 5.92. The Labute approximate surface area is 158 Å². The summed E-state index contributed by atoms with van der Waals surface area (Å²) in [6, 6.07) is 8.38. The van der Waals surface area contributed by atoms with E-state index in [4.69, 9.17) is 18.9 Å². The Hall–Kier alpha value is -2.80. The summed E-state index contributed by atoms with van der Waals surface area (Å²) in [5, 5.41) is 0. The van der Waals surface area contributed by atoms with Gasteiger partial charge in [0.25, 0.3) is 0 Å². The van der Waals surface area contributed by atoms with Crippen molar-refractivity contribution in [2.24, 2.45) is 0 Å². The molecule has 2 rings (SSSR count). The number of rotatable bonds is 9. The third-order valence-corrected chi connectivity index (χ3v) is 3.77. The topological polar surface area (TPSA) is 76.0 Å². The van der Waals surface area contributed by atoms with Gasteiger partial charge in [0.1, 0.15) is 5.75 Å². The van der Waals surface area contributed by atoms with E-state index in [0.29, 0.717) is 29.2 Å². The molecule has 146 valence electrons. The summed E-state index contributed by atoms with van der Waals surface area (Å²) in [6.45, 7) is 4.42. The first-order valence-electron chi connectivity index (χ1n) is 8.90. The Kier molecular flexibility index (Phi) is 7.88. The molecule has 1 heterocycles. The summed E-state index contributed by atoms with van der Waals surface area (Å²) < 4.78 is 22.3. The SMILES string of the molecule is CCCCOC(=O)n1cccc1-c1cc(C(=O)OCC)ccc1OCOC. The van der Waals surface area contributed by atoms with Gasteiger partial charge in [-0.2, -0.15) is 0 Å².